The molecule has 114 valence electrons. The van der Waals surface area contributed by atoms with Crippen molar-refractivity contribution in [3.05, 3.63) is 24.0 Å². The molecule has 2 rings (SSSR count). The number of esters is 1. The maximum Gasteiger partial charge on any atom is 0.319 e. The van der Waals surface area contributed by atoms with Gasteiger partial charge >= 0.3 is 5.97 Å². The number of hydrogen-bond acceptors (Lipinski definition) is 6. The van der Waals surface area contributed by atoms with Crippen LogP contribution in [0, 0.1) is 0 Å². The molecule has 0 saturated carbocycles. The van der Waals surface area contributed by atoms with E-state index in [0.29, 0.717) is 37.6 Å². The number of nitrogens with two attached hydrogens (primary N) is 1. The summed E-state index contributed by atoms with van der Waals surface area (Å²) in [4.78, 5) is 31.3. The summed E-state index contributed by atoms with van der Waals surface area (Å²) < 4.78 is 4.64. The zero-order chi connectivity index (χ0) is 15.2. The van der Waals surface area contributed by atoms with Gasteiger partial charge in [-0.3, -0.25) is 19.5 Å². The number of hydrogen-bond donors (Lipinski definition) is 1. The molecule has 1 aliphatic rings. The maximum absolute atomic E-state index is 12.2. The van der Waals surface area contributed by atoms with E-state index in [1.54, 1.807) is 23.2 Å². The van der Waals surface area contributed by atoms with Crippen LogP contribution in [-0.4, -0.2) is 66.5 Å². The monoisotopic (exact) mass is 292 g/mol. The average Bonchev–Trinajstić information content (AvgIpc) is 2.50. The number of carbonyl (C=O) groups excluding carboxylic acids is 2. The van der Waals surface area contributed by atoms with Gasteiger partial charge in [0, 0.05) is 31.9 Å². The summed E-state index contributed by atoms with van der Waals surface area (Å²) in [5, 5.41) is 0. The van der Waals surface area contributed by atoms with E-state index in [1.165, 1.54) is 7.11 Å². The molecule has 1 saturated heterocycles. The normalized spacial score (nSPS) is 15.8. The van der Waals surface area contributed by atoms with Crippen LogP contribution in [0.4, 0.5) is 5.69 Å². The second-order valence-corrected chi connectivity index (χ2v) is 4.99. The third-order valence-corrected chi connectivity index (χ3v) is 3.49. The number of ether oxygens (including phenoxy) is 1. The molecule has 21 heavy (non-hydrogen) atoms. The summed E-state index contributed by atoms with van der Waals surface area (Å²) >= 11 is 0. The van der Waals surface area contributed by atoms with Crippen molar-refractivity contribution in [1.29, 1.82) is 0 Å². The molecule has 1 amide bonds. The van der Waals surface area contributed by atoms with Crippen LogP contribution in [0.5, 0.6) is 0 Å². The Morgan fingerprint density at radius 1 is 1.29 bits per heavy atom. The lowest BCUT2D eigenvalue weighted by Gasteiger charge is -2.34. The number of rotatable bonds is 4. The standard InChI is InChI=1S/C14H20N4O3/c1-21-14(20)10-17-4-6-18(7-5-17)13(19)8-12-3-2-11(15)9-16-12/h2-3,9H,4-8,10,15H2,1H3. The van der Waals surface area contributed by atoms with E-state index in [2.05, 4.69) is 9.72 Å². The third-order valence-electron chi connectivity index (χ3n) is 3.49. The van der Waals surface area contributed by atoms with Gasteiger partial charge in [-0.25, -0.2) is 0 Å². The third kappa shape index (κ3) is 4.42. The molecule has 7 heteroatoms. The van der Waals surface area contributed by atoms with Crippen molar-refractivity contribution >= 4 is 17.6 Å². The summed E-state index contributed by atoms with van der Waals surface area (Å²) in [5.41, 5.74) is 6.87. The van der Waals surface area contributed by atoms with Crippen LogP contribution in [0.3, 0.4) is 0 Å². The predicted octanol–water partition coefficient (Wildman–Crippen LogP) is -0.476. The van der Waals surface area contributed by atoms with E-state index >= 15 is 0 Å². The molecule has 2 heterocycles. The van der Waals surface area contributed by atoms with Gasteiger partial charge in [0.2, 0.25) is 5.91 Å². The molecule has 0 unspecified atom stereocenters. The van der Waals surface area contributed by atoms with E-state index in [9.17, 15) is 9.59 Å². The Balaban J connectivity index is 1.80. The van der Waals surface area contributed by atoms with Gasteiger partial charge in [0.05, 0.1) is 32.0 Å². The summed E-state index contributed by atoms with van der Waals surface area (Å²) in [6.45, 7) is 2.86. The maximum atomic E-state index is 12.2. The smallest absolute Gasteiger partial charge is 0.319 e. The summed E-state index contributed by atoms with van der Waals surface area (Å²) in [6, 6.07) is 3.50. The van der Waals surface area contributed by atoms with Crippen LogP contribution in [0.1, 0.15) is 5.69 Å². The van der Waals surface area contributed by atoms with Crippen LogP contribution >= 0.6 is 0 Å². The van der Waals surface area contributed by atoms with Crippen molar-refractivity contribution in [2.45, 2.75) is 6.42 Å². The molecule has 0 radical (unpaired) electrons. The highest BCUT2D eigenvalue weighted by Gasteiger charge is 2.22. The van der Waals surface area contributed by atoms with Crippen molar-refractivity contribution in [2.24, 2.45) is 0 Å². The SMILES string of the molecule is COC(=O)CN1CCN(C(=O)Cc2ccc(N)cn2)CC1. The number of nitrogen functional groups attached to an aromatic ring is 1. The molecular weight excluding hydrogens is 272 g/mol. The Labute approximate surface area is 123 Å². The zero-order valence-corrected chi connectivity index (χ0v) is 12.1. The number of pyridine rings is 1. The van der Waals surface area contributed by atoms with Gasteiger partial charge in [-0.15, -0.1) is 0 Å². The molecule has 0 spiro atoms. The minimum absolute atomic E-state index is 0.0463. The number of piperazine rings is 1. The van der Waals surface area contributed by atoms with E-state index in [0.717, 1.165) is 0 Å². The van der Waals surface area contributed by atoms with Crippen LogP contribution in [-0.2, 0) is 20.7 Å². The second-order valence-electron chi connectivity index (χ2n) is 4.99. The fourth-order valence-corrected chi connectivity index (χ4v) is 2.21. The van der Waals surface area contributed by atoms with Gasteiger partial charge in [0.1, 0.15) is 0 Å². The van der Waals surface area contributed by atoms with Gasteiger partial charge < -0.3 is 15.4 Å². The molecule has 1 fully saturated rings. The lowest BCUT2D eigenvalue weighted by Crippen LogP contribution is -2.50. The number of amides is 1. The fourth-order valence-electron chi connectivity index (χ4n) is 2.21. The lowest BCUT2D eigenvalue weighted by atomic mass is 10.2. The fraction of sp³-hybridized carbons (Fsp3) is 0.500. The van der Waals surface area contributed by atoms with E-state index < -0.39 is 0 Å². The molecule has 0 aliphatic carbocycles. The molecular formula is C14H20N4O3. The number of methoxy groups -OCH3 is 1. The summed E-state index contributed by atoms with van der Waals surface area (Å²) in [5.74, 6) is -0.203. The lowest BCUT2D eigenvalue weighted by molar-refractivity contribution is -0.142. The first kappa shape index (κ1) is 15.2. The minimum Gasteiger partial charge on any atom is -0.468 e. The first-order chi connectivity index (χ1) is 10.1. The Morgan fingerprint density at radius 2 is 2.00 bits per heavy atom. The van der Waals surface area contributed by atoms with Crippen LogP contribution in [0.2, 0.25) is 0 Å². The Bertz CT molecular complexity index is 495. The highest BCUT2D eigenvalue weighted by atomic mass is 16.5. The van der Waals surface area contributed by atoms with E-state index in [4.69, 9.17) is 5.73 Å². The van der Waals surface area contributed by atoms with Crippen molar-refractivity contribution in [1.82, 2.24) is 14.8 Å². The second kappa shape index (κ2) is 7.03. The number of nitrogens with zero attached hydrogens (tertiary/aromatic N) is 3. The minimum atomic E-state index is -0.249. The van der Waals surface area contributed by atoms with Gasteiger partial charge in [0.15, 0.2) is 0 Å². The van der Waals surface area contributed by atoms with Gasteiger partial charge in [-0.05, 0) is 12.1 Å². The molecule has 0 atom stereocenters. The Hall–Kier alpha value is -2.15. The molecule has 1 aliphatic heterocycles. The topological polar surface area (TPSA) is 88.8 Å². The van der Waals surface area contributed by atoms with Crippen molar-refractivity contribution < 1.29 is 14.3 Å². The highest BCUT2D eigenvalue weighted by Crippen LogP contribution is 2.07. The van der Waals surface area contributed by atoms with Gasteiger partial charge in [-0.2, -0.15) is 0 Å². The van der Waals surface area contributed by atoms with Gasteiger partial charge in [-0.1, -0.05) is 0 Å². The molecule has 7 nitrogen and oxygen atoms in total. The predicted molar refractivity (Wildman–Crippen MR) is 77.4 cm³/mol. The summed E-state index contributed by atoms with van der Waals surface area (Å²) in [7, 11) is 1.38. The van der Waals surface area contributed by atoms with E-state index in [1.807, 2.05) is 4.90 Å². The zero-order valence-electron chi connectivity index (χ0n) is 12.1. The molecule has 1 aromatic rings. The largest absolute Gasteiger partial charge is 0.468 e. The quantitative estimate of drug-likeness (QED) is 0.754. The van der Waals surface area contributed by atoms with Gasteiger partial charge in [0.25, 0.3) is 0 Å². The Morgan fingerprint density at radius 3 is 2.57 bits per heavy atom. The highest BCUT2D eigenvalue weighted by molar-refractivity contribution is 5.78. The van der Waals surface area contributed by atoms with Crippen molar-refractivity contribution in [3.8, 4) is 0 Å². The number of aromatic nitrogens is 1. The van der Waals surface area contributed by atoms with Crippen LogP contribution in [0.25, 0.3) is 0 Å². The number of anilines is 1. The first-order valence-corrected chi connectivity index (χ1v) is 6.86. The van der Waals surface area contributed by atoms with Crippen molar-refractivity contribution in [3.63, 3.8) is 0 Å². The van der Waals surface area contributed by atoms with Crippen molar-refractivity contribution in [2.75, 3.05) is 45.6 Å². The molecule has 2 N–H and O–H groups in total. The number of carbonyl (C=O) groups is 2. The average molecular weight is 292 g/mol. The molecule has 0 aromatic carbocycles. The van der Waals surface area contributed by atoms with E-state index in [-0.39, 0.29) is 24.8 Å². The summed E-state index contributed by atoms with van der Waals surface area (Å²) in [6.07, 6.45) is 1.83. The molecule has 1 aromatic heterocycles. The Kier molecular flexibility index (Phi) is 5.10. The first-order valence-electron chi connectivity index (χ1n) is 6.86. The van der Waals surface area contributed by atoms with Crippen LogP contribution < -0.4 is 5.73 Å². The molecule has 0 bridgehead atoms. The van der Waals surface area contributed by atoms with Crippen LogP contribution in [0.15, 0.2) is 18.3 Å².